The minimum Gasteiger partial charge on any atom is -0.369 e. The number of hydrogen-bond acceptors (Lipinski definition) is 2. The molecule has 0 spiro atoms. The number of carbonyl (C=O) groups is 1. The third-order valence-electron chi connectivity index (χ3n) is 2.31. The van der Waals surface area contributed by atoms with Gasteiger partial charge in [-0.25, -0.2) is 0 Å². The van der Waals surface area contributed by atoms with E-state index >= 15 is 0 Å². The van der Waals surface area contributed by atoms with Crippen LogP contribution >= 0.6 is 0 Å². The van der Waals surface area contributed by atoms with Crippen LogP contribution in [0.15, 0.2) is 0 Å². The summed E-state index contributed by atoms with van der Waals surface area (Å²) >= 11 is 0. The van der Waals surface area contributed by atoms with Crippen LogP contribution in [0, 0.1) is 23.2 Å². The number of rotatable bonds is 1. The van der Waals surface area contributed by atoms with Crippen molar-refractivity contribution in [2.45, 2.75) is 25.7 Å². The molecule has 0 aromatic rings. The summed E-state index contributed by atoms with van der Waals surface area (Å²) < 4.78 is 0. The van der Waals surface area contributed by atoms with Crippen molar-refractivity contribution in [3.63, 3.8) is 0 Å². The van der Waals surface area contributed by atoms with Gasteiger partial charge < -0.3 is 5.73 Å². The predicted octanol–water partition coefficient (Wildman–Crippen LogP) is 0.802. The Bertz CT molecular complexity index is 187. The Morgan fingerprint density at radius 2 is 1.91 bits per heavy atom. The molecule has 0 aromatic heterocycles. The molecule has 1 aliphatic carbocycles. The van der Waals surface area contributed by atoms with E-state index in [0.717, 1.165) is 25.7 Å². The molecule has 3 nitrogen and oxygen atoms in total. The Morgan fingerprint density at radius 3 is 2.27 bits per heavy atom. The van der Waals surface area contributed by atoms with E-state index in [1.807, 2.05) is 0 Å². The molecule has 0 radical (unpaired) electrons. The highest BCUT2D eigenvalue weighted by atomic mass is 16.1. The average molecular weight is 152 g/mol. The first-order valence-electron chi connectivity index (χ1n) is 3.93. The standard InChI is InChI=1S/C8H12N2O/c9-5-6-1-3-7(4-2-6)8(10)11/h6-7H,1-4H2,(H2,10,11)/t6-,7+. The molecule has 1 aliphatic rings. The molecule has 0 aromatic carbocycles. The van der Waals surface area contributed by atoms with E-state index in [1.54, 1.807) is 0 Å². The second-order valence-corrected chi connectivity index (χ2v) is 3.08. The molecule has 0 atom stereocenters. The molecule has 1 amide bonds. The highest BCUT2D eigenvalue weighted by Crippen LogP contribution is 2.27. The molecular formula is C8H12N2O. The van der Waals surface area contributed by atoms with Gasteiger partial charge in [-0.3, -0.25) is 4.79 Å². The SMILES string of the molecule is N#C[C@H]1CC[C@@H](C(N)=O)CC1. The zero-order chi connectivity index (χ0) is 8.27. The molecule has 0 saturated heterocycles. The van der Waals surface area contributed by atoms with Crippen LogP contribution in [0.2, 0.25) is 0 Å². The van der Waals surface area contributed by atoms with E-state index in [2.05, 4.69) is 6.07 Å². The van der Waals surface area contributed by atoms with Crippen LogP contribution in [0.5, 0.6) is 0 Å². The first-order valence-corrected chi connectivity index (χ1v) is 3.93. The Morgan fingerprint density at radius 1 is 1.36 bits per heavy atom. The number of hydrogen-bond donors (Lipinski definition) is 1. The summed E-state index contributed by atoms with van der Waals surface area (Å²) in [4.78, 5) is 10.7. The maximum atomic E-state index is 10.7. The van der Waals surface area contributed by atoms with Gasteiger partial charge in [-0.2, -0.15) is 5.26 Å². The molecule has 0 bridgehead atoms. The summed E-state index contributed by atoms with van der Waals surface area (Å²) in [5, 5.41) is 8.55. The van der Waals surface area contributed by atoms with Crippen molar-refractivity contribution in [1.29, 1.82) is 5.26 Å². The number of nitrogens with zero attached hydrogens (tertiary/aromatic N) is 1. The summed E-state index contributed by atoms with van der Waals surface area (Å²) in [7, 11) is 0. The summed E-state index contributed by atoms with van der Waals surface area (Å²) in [6.45, 7) is 0. The topological polar surface area (TPSA) is 66.9 Å². The van der Waals surface area contributed by atoms with Crippen molar-refractivity contribution >= 4 is 5.91 Å². The molecule has 1 saturated carbocycles. The lowest BCUT2D eigenvalue weighted by molar-refractivity contribution is -0.122. The van der Waals surface area contributed by atoms with E-state index in [9.17, 15) is 4.79 Å². The normalized spacial score (nSPS) is 30.8. The molecular weight excluding hydrogens is 140 g/mol. The van der Waals surface area contributed by atoms with Crippen LogP contribution in [0.25, 0.3) is 0 Å². The van der Waals surface area contributed by atoms with Gasteiger partial charge in [-0.05, 0) is 25.7 Å². The Hall–Kier alpha value is -1.04. The molecule has 3 heteroatoms. The lowest BCUT2D eigenvalue weighted by Gasteiger charge is -2.21. The summed E-state index contributed by atoms with van der Waals surface area (Å²) in [6, 6.07) is 2.21. The van der Waals surface area contributed by atoms with Crippen molar-refractivity contribution in [2.24, 2.45) is 17.6 Å². The molecule has 1 fully saturated rings. The quantitative estimate of drug-likeness (QED) is 0.604. The highest BCUT2D eigenvalue weighted by Gasteiger charge is 2.23. The van der Waals surface area contributed by atoms with Gasteiger partial charge in [0, 0.05) is 11.8 Å². The number of primary amides is 1. The van der Waals surface area contributed by atoms with E-state index in [0.29, 0.717) is 0 Å². The lowest BCUT2D eigenvalue weighted by Crippen LogP contribution is -2.27. The zero-order valence-corrected chi connectivity index (χ0v) is 6.42. The number of amides is 1. The first-order chi connectivity index (χ1) is 5.24. The van der Waals surface area contributed by atoms with Gasteiger partial charge in [0.15, 0.2) is 0 Å². The zero-order valence-electron chi connectivity index (χ0n) is 6.42. The fourth-order valence-electron chi connectivity index (χ4n) is 1.51. The molecule has 1 rings (SSSR count). The van der Waals surface area contributed by atoms with Gasteiger partial charge in [0.05, 0.1) is 6.07 Å². The van der Waals surface area contributed by atoms with Crippen LogP contribution in [0.3, 0.4) is 0 Å². The Labute approximate surface area is 66.2 Å². The maximum Gasteiger partial charge on any atom is 0.220 e. The summed E-state index contributed by atoms with van der Waals surface area (Å²) in [5.74, 6) is -0.0217. The first kappa shape index (κ1) is 8.06. The van der Waals surface area contributed by atoms with Gasteiger partial charge in [0.25, 0.3) is 0 Å². The van der Waals surface area contributed by atoms with Gasteiger partial charge in [-0.15, -0.1) is 0 Å². The second kappa shape index (κ2) is 3.38. The largest absolute Gasteiger partial charge is 0.369 e. The monoisotopic (exact) mass is 152 g/mol. The predicted molar refractivity (Wildman–Crippen MR) is 40.3 cm³/mol. The molecule has 0 aliphatic heterocycles. The minimum atomic E-state index is -0.207. The molecule has 11 heavy (non-hydrogen) atoms. The van der Waals surface area contributed by atoms with Crippen molar-refractivity contribution in [2.75, 3.05) is 0 Å². The van der Waals surface area contributed by atoms with Gasteiger partial charge >= 0.3 is 0 Å². The molecule has 2 N–H and O–H groups in total. The fraction of sp³-hybridized carbons (Fsp3) is 0.750. The number of nitriles is 1. The lowest BCUT2D eigenvalue weighted by atomic mass is 9.82. The van der Waals surface area contributed by atoms with Crippen LogP contribution in [0.1, 0.15) is 25.7 Å². The van der Waals surface area contributed by atoms with Crippen LogP contribution in [0.4, 0.5) is 0 Å². The van der Waals surface area contributed by atoms with Crippen LogP contribution < -0.4 is 5.73 Å². The van der Waals surface area contributed by atoms with E-state index in [1.165, 1.54) is 0 Å². The Balaban J connectivity index is 2.37. The molecule has 60 valence electrons. The van der Waals surface area contributed by atoms with Crippen molar-refractivity contribution in [1.82, 2.24) is 0 Å². The van der Waals surface area contributed by atoms with Crippen molar-refractivity contribution in [3.05, 3.63) is 0 Å². The van der Waals surface area contributed by atoms with Crippen LogP contribution in [-0.2, 0) is 4.79 Å². The second-order valence-electron chi connectivity index (χ2n) is 3.08. The number of nitrogens with two attached hydrogens (primary N) is 1. The smallest absolute Gasteiger partial charge is 0.220 e. The van der Waals surface area contributed by atoms with E-state index in [-0.39, 0.29) is 17.7 Å². The van der Waals surface area contributed by atoms with Gasteiger partial charge in [-0.1, -0.05) is 0 Å². The third kappa shape index (κ3) is 1.94. The van der Waals surface area contributed by atoms with Gasteiger partial charge in [0.2, 0.25) is 5.91 Å². The summed E-state index contributed by atoms with van der Waals surface area (Å²) in [5.41, 5.74) is 5.13. The average Bonchev–Trinajstić information content (AvgIpc) is 2.05. The number of carbonyl (C=O) groups excluding carboxylic acids is 1. The van der Waals surface area contributed by atoms with Crippen molar-refractivity contribution < 1.29 is 4.79 Å². The van der Waals surface area contributed by atoms with Crippen LogP contribution in [-0.4, -0.2) is 5.91 Å². The summed E-state index contributed by atoms with van der Waals surface area (Å²) in [6.07, 6.45) is 3.27. The highest BCUT2D eigenvalue weighted by molar-refractivity contribution is 5.76. The molecule has 0 heterocycles. The van der Waals surface area contributed by atoms with E-state index < -0.39 is 0 Å². The Kier molecular flexibility index (Phi) is 2.48. The van der Waals surface area contributed by atoms with E-state index in [4.69, 9.17) is 11.0 Å². The third-order valence-corrected chi connectivity index (χ3v) is 2.31. The van der Waals surface area contributed by atoms with Crippen molar-refractivity contribution in [3.8, 4) is 6.07 Å². The molecule has 0 unspecified atom stereocenters. The minimum absolute atomic E-state index is 0.0274. The van der Waals surface area contributed by atoms with Gasteiger partial charge in [0.1, 0.15) is 0 Å². The fourth-order valence-corrected chi connectivity index (χ4v) is 1.51. The maximum absolute atomic E-state index is 10.7.